The van der Waals surface area contributed by atoms with Gasteiger partial charge in [-0.3, -0.25) is 13.9 Å². The third-order valence-electron chi connectivity index (χ3n) is 5.89. The second kappa shape index (κ2) is 12.6. The van der Waals surface area contributed by atoms with Crippen molar-refractivity contribution in [3.63, 3.8) is 0 Å². The van der Waals surface area contributed by atoms with Crippen molar-refractivity contribution < 1.29 is 27.5 Å². The molecule has 1 atom stereocenters. The number of amides is 2. The fourth-order valence-electron chi connectivity index (χ4n) is 3.77. The molecule has 0 aliphatic carbocycles. The van der Waals surface area contributed by atoms with Gasteiger partial charge in [-0.25, -0.2) is 8.42 Å². The Hall–Kier alpha value is -2.79. The second-order valence-electron chi connectivity index (χ2n) is 9.20. The summed E-state index contributed by atoms with van der Waals surface area (Å²) in [6, 6.07) is 11.4. The average molecular weight is 597 g/mol. The number of hydrogen-bond donors (Lipinski definition) is 1. The largest absolute Gasteiger partial charge is 0.486 e. The van der Waals surface area contributed by atoms with Gasteiger partial charge in [-0.15, -0.1) is 0 Å². The van der Waals surface area contributed by atoms with Crippen molar-refractivity contribution >= 4 is 43.5 Å². The first-order valence-electron chi connectivity index (χ1n) is 12.2. The number of sulfonamides is 1. The van der Waals surface area contributed by atoms with Gasteiger partial charge in [0.05, 0.1) is 11.4 Å². The maximum Gasteiger partial charge on any atom is 0.244 e. The summed E-state index contributed by atoms with van der Waals surface area (Å²) < 4.78 is 39.3. The first-order valence-corrected chi connectivity index (χ1v) is 14.6. The van der Waals surface area contributed by atoms with E-state index in [1.54, 1.807) is 25.1 Å². The molecule has 0 saturated heterocycles. The molecule has 0 aromatic heterocycles. The summed E-state index contributed by atoms with van der Waals surface area (Å²) in [5.74, 6) is 0.165. The Morgan fingerprint density at radius 3 is 2.41 bits per heavy atom. The van der Waals surface area contributed by atoms with Gasteiger partial charge in [0, 0.05) is 23.6 Å². The van der Waals surface area contributed by atoms with Gasteiger partial charge in [0.1, 0.15) is 25.8 Å². The van der Waals surface area contributed by atoms with Crippen LogP contribution < -0.4 is 19.1 Å². The summed E-state index contributed by atoms with van der Waals surface area (Å²) in [5, 5.41) is 2.87. The van der Waals surface area contributed by atoms with E-state index >= 15 is 0 Å². The predicted octanol–water partition coefficient (Wildman–Crippen LogP) is 3.57. The maximum absolute atomic E-state index is 13.7. The van der Waals surface area contributed by atoms with Crippen LogP contribution in [0.1, 0.15) is 33.3 Å². The van der Waals surface area contributed by atoms with Crippen molar-refractivity contribution in [3.8, 4) is 11.5 Å². The van der Waals surface area contributed by atoms with E-state index in [0.717, 1.165) is 14.3 Å². The fraction of sp³-hybridized carbons (Fsp3) is 0.462. The van der Waals surface area contributed by atoms with Crippen molar-refractivity contribution in [1.82, 2.24) is 10.2 Å². The van der Waals surface area contributed by atoms with E-state index in [1.807, 2.05) is 38.1 Å². The van der Waals surface area contributed by atoms with Gasteiger partial charge in [-0.05, 0) is 49.6 Å². The molecule has 1 heterocycles. The predicted molar refractivity (Wildman–Crippen MR) is 146 cm³/mol. The zero-order valence-electron chi connectivity index (χ0n) is 21.6. The Bertz CT molecular complexity index is 1220. The smallest absolute Gasteiger partial charge is 0.244 e. The van der Waals surface area contributed by atoms with Crippen LogP contribution in [0.15, 0.2) is 46.9 Å². The lowest BCUT2D eigenvalue weighted by Gasteiger charge is -2.32. The van der Waals surface area contributed by atoms with Crippen LogP contribution in [0.25, 0.3) is 0 Å². The molecule has 1 aliphatic heterocycles. The number of fused-ring (bicyclic) bond motifs is 1. The van der Waals surface area contributed by atoms with Gasteiger partial charge >= 0.3 is 0 Å². The van der Waals surface area contributed by atoms with E-state index in [1.165, 1.54) is 11.8 Å². The number of anilines is 1. The monoisotopic (exact) mass is 595 g/mol. The average Bonchev–Trinajstić information content (AvgIpc) is 2.88. The van der Waals surface area contributed by atoms with E-state index in [2.05, 4.69) is 21.2 Å². The van der Waals surface area contributed by atoms with Crippen molar-refractivity contribution in [2.75, 3.05) is 36.4 Å². The van der Waals surface area contributed by atoms with Crippen LogP contribution in [0.4, 0.5) is 5.69 Å². The van der Waals surface area contributed by atoms with E-state index in [0.29, 0.717) is 36.9 Å². The molecule has 0 radical (unpaired) electrons. The number of benzene rings is 2. The molecule has 9 nitrogen and oxygen atoms in total. The van der Waals surface area contributed by atoms with Crippen LogP contribution in [0.5, 0.6) is 11.5 Å². The lowest BCUT2D eigenvalue weighted by atomic mass is 10.1. The minimum absolute atomic E-state index is 0.135. The zero-order valence-corrected chi connectivity index (χ0v) is 24.0. The summed E-state index contributed by atoms with van der Waals surface area (Å²) >= 11 is 3.44. The van der Waals surface area contributed by atoms with Crippen LogP contribution in [0, 0.1) is 5.92 Å². The lowest BCUT2D eigenvalue weighted by molar-refractivity contribution is -0.139. The number of nitrogens with one attached hydrogen (secondary N) is 1. The highest BCUT2D eigenvalue weighted by Gasteiger charge is 2.31. The third-order valence-corrected chi connectivity index (χ3v) is 8.12. The Balaban J connectivity index is 1.93. The molecule has 3 rings (SSSR count). The number of halogens is 1. The van der Waals surface area contributed by atoms with E-state index < -0.39 is 28.5 Å². The Labute approximate surface area is 227 Å². The minimum Gasteiger partial charge on any atom is -0.486 e. The molecule has 1 aliphatic rings. The molecular formula is C26H34BrN3O6S. The van der Waals surface area contributed by atoms with Crippen LogP contribution in [-0.2, 0) is 26.2 Å². The lowest BCUT2D eigenvalue weighted by Crippen LogP contribution is -2.51. The summed E-state index contributed by atoms with van der Waals surface area (Å²) in [5.41, 5.74) is 1.09. The van der Waals surface area contributed by atoms with Gasteiger partial charge in [-0.2, -0.15) is 0 Å². The number of carbonyl (C=O) groups is 2. The minimum atomic E-state index is -3.83. The number of nitrogens with zero attached hydrogens (tertiary/aromatic N) is 2. The highest BCUT2D eigenvalue weighted by Crippen LogP contribution is 2.35. The molecule has 37 heavy (non-hydrogen) atoms. The van der Waals surface area contributed by atoms with E-state index in [9.17, 15) is 18.0 Å². The zero-order chi connectivity index (χ0) is 27.2. The molecule has 0 unspecified atom stereocenters. The van der Waals surface area contributed by atoms with Crippen molar-refractivity contribution in [3.05, 3.63) is 52.5 Å². The SMILES string of the molecule is CCS(=O)(=O)N(CC(=O)N(Cc1cccc(Br)c1)[C@@H](C)C(=O)NCC(C)C)c1ccc2c(c1)OCCO2. The molecule has 0 fully saturated rings. The molecular weight excluding hydrogens is 562 g/mol. The number of hydrogen-bond acceptors (Lipinski definition) is 6. The third kappa shape index (κ3) is 7.61. The molecule has 2 aromatic rings. The van der Waals surface area contributed by atoms with Crippen LogP contribution >= 0.6 is 15.9 Å². The highest BCUT2D eigenvalue weighted by molar-refractivity contribution is 9.10. The summed E-state index contributed by atoms with van der Waals surface area (Å²) in [6.45, 7) is 8.02. The normalized spacial score (nSPS) is 13.7. The summed E-state index contributed by atoms with van der Waals surface area (Å²) in [4.78, 5) is 28.1. The Morgan fingerprint density at radius 1 is 1.05 bits per heavy atom. The standard InChI is InChI=1S/C26H34BrN3O6S/c1-5-37(33,34)30(22-9-10-23-24(14-22)36-12-11-35-23)17-25(31)29(16-20-7-6-8-21(27)13-20)19(4)26(32)28-15-18(2)3/h6-10,13-14,18-19H,5,11-12,15-17H2,1-4H3,(H,28,32)/t19-/m0/s1. The quantitative estimate of drug-likeness (QED) is 0.426. The van der Waals surface area contributed by atoms with Crippen molar-refractivity contribution in [1.29, 1.82) is 0 Å². The van der Waals surface area contributed by atoms with Gasteiger partial charge < -0.3 is 19.7 Å². The van der Waals surface area contributed by atoms with Gasteiger partial charge in [-0.1, -0.05) is 41.9 Å². The Kier molecular flexibility index (Phi) is 9.83. The van der Waals surface area contributed by atoms with Crippen LogP contribution in [0.3, 0.4) is 0 Å². The molecule has 0 spiro atoms. The summed E-state index contributed by atoms with van der Waals surface area (Å²) in [7, 11) is -3.83. The van der Waals surface area contributed by atoms with Crippen LogP contribution in [0.2, 0.25) is 0 Å². The molecule has 1 N–H and O–H groups in total. The van der Waals surface area contributed by atoms with Crippen molar-refractivity contribution in [2.24, 2.45) is 5.92 Å². The topological polar surface area (TPSA) is 105 Å². The number of rotatable bonds is 11. The summed E-state index contributed by atoms with van der Waals surface area (Å²) in [6.07, 6.45) is 0. The fourth-order valence-corrected chi connectivity index (χ4v) is 5.27. The maximum atomic E-state index is 13.7. The molecule has 2 amide bonds. The first kappa shape index (κ1) is 28.8. The van der Waals surface area contributed by atoms with E-state index in [-0.39, 0.29) is 24.1 Å². The molecule has 0 bridgehead atoms. The number of carbonyl (C=O) groups excluding carboxylic acids is 2. The van der Waals surface area contributed by atoms with Crippen LogP contribution in [-0.4, -0.2) is 63.2 Å². The van der Waals surface area contributed by atoms with Gasteiger partial charge in [0.25, 0.3) is 0 Å². The molecule has 2 aromatic carbocycles. The molecule has 11 heteroatoms. The van der Waals surface area contributed by atoms with Gasteiger partial charge in [0.2, 0.25) is 21.8 Å². The van der Waals surface area contributed by atoms with Crippen molar-refractivity contribution in [2.45, 2.75) is 40.3 Å². The molecule has 0 saturated carbocycles. The second-order valence-corrected chi connectivity index (χ2v) is 12.3. The highest BCUT2D eigenvalue weighted by atomic mass is 79.9. The first-order chi connectivity index (χ1) is 17.5. The van der Waals surface area contributed by atoms with Gasteiger partial charge in [0.15, 0.2) is 11.5 Å². The molecule has 202 valence electrons. The van der Waals surface area contributed by atoms with E-state index in [4.69, 9.17) is 9.47 Å². The number of ether oxygens (including phenoxy) is 2. The Morgan fingerprint density at radius 2 is 1.76 bits per heavy atom.